The van der Waals surface area contributed by atoms with E-state index >= 15 is 4.79 Å². The van der Waals surface area contributed by atoms with Crippen LogP contribution in [0.3, 0.4) is 0 Å². The van der Waals surface area contributed by atoms with Gasteiger partial charge in [-0.2, -0.15) is 5.10 Å². The van der Waals surface area contributed by atoms with Gasteiger partial charge in [-0.05, 0) is 109 Å². The summed E-state index contributed by atoms with van der Waals surface area (Å²) in [4.78, 5) is 51.4. The Morgan fingerprint density at radius 1 is 0.844 bits per heavy atom. The van der Waals surface area contributed by atoms with Gasteiger partial charge in [0.05, 0.1) is 37.1 Å². The molecular formula is C51H54FN7O5. The number of carbonyl (C=O) groups is 3. The molecule has 1 atom stereocenters. The minimum absolute atomic E-state index is 0.0189. The van der Waals surface area contributed by atoms with Crippen molar-refractivity contribution < 1.29 is 28.2 Å². The van der Waals surface area contributed by atoms with E-state index in [2.05, 4.69) is 35.1 Å². The minimum atomic E-state index is -0.407. The van der Waals surface area contributed by atoms with Gasteiger partial charge in [0, 0.05) is 93.8 Å². The molecule has 0 spiro atoms. The van der Waals surface area contributed by atoms with Crippen LogP contribution in [0.5, 0.6) is 5.75 Å². The second-order valence-corrected chi connectivity index (χ2v) is 17.2. The molecule has 1 saturated heterocycles. The quantitative estimate of drug-likeness (QED) is 0.135. The van der Waals surface area contributed by atoms with Crippen LogP contribution < -0.4 is 9.64 Å². The molecule has 2 aromatic heterocycles. The summed E-state index contributed by atoms with van der Waals surface area (Å²) in [7, 11) is 3.68. The topological polar surface area (TPSA) is 105 Å². The molecule has 1 fully saturated rings. The SMILES string of the molecule is Cc1c(C(=O)N(c2ccc(F)cc2)c2cnn(C)c2)cc(-c2cc3c(cc2C(=O)N2Cc4ccccc4C[C@H]2C)CN(C(=O)Cc2ccc(OCCN4CCOCC4)cc2)CC3)n1C. The number of anilines is 2. The highest BCUT2D eigenvalue weighted by molar-refractivity contribution is 6.12. The van der Waals surface area contributed by atoms with E-state index in [1.54, 1.807) is 36.3 Å². The minimum Gasteiger partial charge on any atom is -0.492 e. The molecule has 5 heterocycles. The fourth-order valence-electron chi connectivity index (χ4n) is 9.22. The number of amides is 3. The summed E-state index contributed by atoms with van der Waals surface area (Å²) in [5.74, 6) is -0.0304. The Bertz CT molecular complexity index is 2680. The van der Waals surface area contributed by atoms with E-state index in [9.17, 15) is 14.0 Å². The highest BCUT2D eigenvalue weighted by Gasteiger charge is 2.33. The molecule has 64 heavy (non-hydrogen) atoms. The average Bonchev–Trinajstić information content (AvgIpc) is 3.87. The first-order valence-corrected chi connectivity index (χ1v) is 22.1. The number of hydrogen-bond donors (Lipinski definition) is 0. The summed E-state index contributed by atoms with van der Waals surface area (Å²) in [6.07, 6.45) is 4.95. The number of aryl methyl sites for hydroxylation is 1. The molecule has 330 valence electrons. The molecule has 0 saturated carbocycles. The van der Waals surface area contributed by atoms with Gasteiger partial charge in [0.2, 0.25) is 5.91 Å². The maximum absolute atomic E-state index is 15.1. The predicted molar refractivity (Wildman–Crippen MR) is 243 cm³/mol. The van der Waals surface area contributed by atoms with E-state index in [1.807, 2.05) is 76.9 Å². The molecule has 0 unspecified atom stereocenters. The van der Waals surface area contributed by atoms with E-state index in [4.69, 9.17) is 9.47 Å². The van der Waals surface area contributed by atoms with Crippen molar-refractivity contribution in [3.8, 4) is 17.0 Å². The zero-order valence-corrected chi connectivity index (χ0v) is 36.9. The fourth-order valence-corrected chi connectivity index (χ4v) is 9.22. The number of benzene rings is 4. The highest BCUT2D eigenvalue weighted by Crippen LogP contribution is 2.37. The summed E-state index contributed by atoms with van der Waals surface area (Å²) in [5, 5.41) is 4.32. The van der Waals surface area contributed by atoms with Gasteiger partial charge in [-0.25, -0.2) is 4.39 Å². The average molecular weight is 864 g/mol. The van der Waals surface area contributed by atoms with Crippen LogP contribution in [0.25, 0.3) is 11.3 Å². The van der Waals surface area contributed by atoms with Gasteiger partial charge in [0.1, 0.15) is 18.2 Å². The summed E-state index contributed by atoms with van der Waals surface area (Å²) < 4.78 is 29.1. The molecule has 12 nitrogen and oxygen atoms in total. The van der Waals surface area contributed by atoms with Crippen molar-refractivity contribution in [2.45, 2.75) is 52.2 Å². The van der Waals surface area contributed by atoms with Crippen LogP contribution >= 0.6 is 0 Å². The third kappa shape index (κ3) is 8.82. The van der Waals surface area contributed by atoms with Gasteiger partial charge in [-0.15, -0.1) is 0 Å². The monoisotopic (exact) mass is 863 g/mol. The Hall–Kier alpha value is -6.57. The lowest BCUT2D eigenvalue weighted by molar-refractivity contribution is -0.131. The van der Waals surface area contributed by atoms with E-state index in [0.717, 1.165) is 72.8 Å². The van der Waals surface area contributed by atoms with Crippen molar-refractivity contribution in [3.05, 3.63) is 154 Å². The number of halogens is 1. The molecule has 0 aliphatic carbocycles. The standard InChI is InChI=1S/C51H54FN7O5/c1-34-25-37-7-5-6-8-39(37)32-58(34)50(61)47-28-40-31-57(49(60)26-36-9-15-44(16-10-36)64-24-21-56-19-22-63-23-20-56)18-17-38(40)27-46(47)48-29-45(35(2)55(48)4)51(62)59(43-30-53-54(3)33-43)42-13-11-41(52)12-14-42/h5-16,27-30,33-34H,17-26,31-32H2,1-4H3/t34-/m1/s1. The molecule has 9 rings (SSSR count). The number of morpholine rings is 1. The normalized spacial score (nSPS) is 16.3. The lowest BCUT2D eigenvalue weighted by Crippen LogP contribution is -2.43. The number of carbonyl (C=O) groups excluding carboxylic acids is 3. The summed E-state index contributed by atoms with van der Waals surface area (Å²) in [6.45, 7) is 10.1. The smallest absolute Gasteiger partial charge is 0.264 e. The Labute approximate surface area is 373 Å². The largest absolute Gasteiger partial charge is 0.492 e. The number of hydrogen-bond acceptors (Lipinski definition) is 7. The molecule has 6 aromatic rings. The summed E-state index contributed by atoms with van der Waals surface area (Å²) in [5.41, 5.74) is 9.39. The summed E-state index contributed by atoms with van der Waals surface area (Å²) in [6, 6.07) is 27.7. The van der Waals surface area contributed by atoms with Crippen molar-refractivity contribution in [2.24, 2.45) is 14.1 Å². The van der Waals surface area contributed by atoms with Crippen LogP contribution in [-0.4, -0.2) is 98.8 Å². The zero-order chi connectivity index (χ0) is 44.5. The first-order chi connectivity index (χ1) is 31.0. The summed E-state index contributed by atoms with van der Waals surface area (Å²) >= 11 is 0. The zero-order valence-electron chi connectivity index (χ0n) is 36.9. The number of nitrogens with zero attached hydrogens (tertiary/aromatic N) is 7. The molecule has 0 bridgehead atoms. The third-order valence-corrected chi connectivity index (χ3v) is 13.0. The van der Waals surface area contributed by atoms with Crippen molar-refractivity contribution in [2.75, 3.05) is 50.9 Å². The third-order valence-electron chi connectivity index (χ3n) is 13.0. The lowest BCUT2D eigenvalue weighted by atomic mass is 9.89. The number of fused-ring (bicyclic) bond motifs is 2. The molecule has 3 aliphatic heterocycles. The Kier molecular flexibility index (Phi) is 12.2. The van der Waals surface area contributed by atoms with Crippen LogP contribution in [-0.2, 0) is 56.0 Å². The Morgan fingerprint density at radius 3 is 2.33 bits per heavy atom. The fraction of sp³-hybridized carbons (Fsp3) is 0.333. The number of ether oxygens (including phenoxy) is 2. The molecule has 0 radical (unpaired) electrons. The van der Waals surface area contributed by atoms with Gasteiger partial charge in [-0.3, -0.25) is 28.9 Å². The Balaban J connectivity index is 1.01. The predicted octanol–water partition coefficient (Wildman–Crippen LogP) is 7.28. The molecule has 3 amide bonds. The maximum Gasteiger partial charge on any atom is 0.264 e. The first-order valence-electron chi connectivity index (χ1n) is 22.1. The van der Waals surface area contributed by atoms with Crippen LogP contribution in [0, 0.1) is 12.7 Å². The van der Waals surface area contributed by atoms with Gasteiger partial charge in [0.25, 0.3) is 11.8 Å². The van der Waals surface area contributed by atoms with E-state index in [1.165, 1.54) is 22.6 Å². The van der Waals surface area contributed by atoms with Crippen molar-refractivity contribution in [3.63, 3.8) is 0 Å². The number of aromatic nitrogens is 3. The van der Waals surface area contributed by atoms with Crippen molar-refractivity contribution >= 4 is 29.1 Å². The molecule has 3 aliphatic rings. The number of rotatable bonds is 11. The second kappa shape index (κ2) is 18.3. The second-order valence-electron chi connectivity index (χ2n) is 17.2. The van der Waals surface area contributed by atoms with E-state index in [0.29, 0.717) is 66.6 Å². The molecule has 0 N–H and O–H groups in total. The highest BCUT2D eigenvalue weighted by atomic mass is 19.1. The molecular weight excluding hydrogens is 810 g/mol. The Morgan fingerprint density at radius 2 is 1.59 bits per heavy atom. The van der Waals surface area contributed by atoms with Gasteiger partial charge >= 0.3 is 0 Å². The van der Waals surface area contributed by atoms with Gasteiger partial charge in [-0.1, -0.05) is 36.4 Å². The maximum atomic E-state index is 15.1. The molecule has 13 heteroatoms. The van der Waals surface area contributed by atoms with Crippen LogP contribution in [0.1, 0.15) is 61.2 Å². The van der Waals surface area contributed by atoms with E-state index in [-0.39, 0.29) is 30.2 Å². The van der Waals surface area contributed by atoms with Gasteiger partial charge < -0.3 is 23.8 Å². The van der Waals surface area contributed by atoms with Gasteiger partial charge in [0.15, 0.2) is 0 Å². The lowest BCUT2D eigenvalue weighted by Gasteiger charge is -2.36. The van der Waals surface area contributed by atoms with Crippen LogP contribution in [0.4, 0.5) is 15.8 Å². The van der Waals surface area contributed by atoms with E-state index < -0.39 is 5.82 Å². The first kappa shape index (κ1) is 42.7. The van der Waals surface area contributed by atoms with Crippen molar-refractivity contribution in [1.29, 1.82) is 0 Å². The molecule has 4 aromatic carbocycles. The van der Waals surface area contributed by atoms with Crippen LogP contribution in [0.15, 0.2) is 103 Å². The van der Waals surface area contributed by atoms with Crippen molar-refractivity contribution in [1.82, 2.24) is 29.0 Å². The van der Waals surface area contributed by atoms with Crippen LogP contribution in [0.2, 0.25) is 0 Å².